The van der Waals surface area contributed by atoms with E-state index in [1.807, 2.05) is 11.8 Å². The fourth-order valence-electron chi connectivity index (χ4n) is 3.37. The van der Waals surface area contributed by atoms with Gasteiger partial charge in [-0.05, 0) is 37.0 Å². The van der Waals surface area contributed by atoms with Gasteiger partial charge in [0.1, 0.15) is 0 Å². The highest BCUT2D eigenvalue weighted by atomic mass is 16.5. The number of nitrogens with zero attached hydrogens (tertiary/aromatic N) is 1. The summed E-state index contributed by atoms with van der Waals surface area (Å²) < 4.78 is 16.0. The van der Waals surface area contributed by atoms with E-state index in [1.54, 1.807) is 33.5 Å². The quantitative estimate of drug-likeness (QED) is 0.750. The van der Waals surface area contributed by atoms with Crippen molar-refractivity contribution in [1.82, 2.24) is 10.2 Å². The van der Waals surface area contributed by atoms with Crippen molar-refractivity contribution in [2.24, 2.45) is 0 Å². The molecule has 150 valence electrons. The van der Waals surface area contributed by atoms with Gasteiger partial charge in [-0.15, -0.1) is 0 Å². The van der Waals surface area contributed by atoms with Crippen molar-refractivity contribution >= 4 is 11.8 Å². The first-order valence-electron chi connectivity index (χ1n) is 9.38. The van der Waals surface area contributed by atoms with Gasteiger partial charge >= 0.3 is 0 Å². The highest BCUT2D eigenvalue weighted by Crippen LogP contribution is 2.38. The van der Waals surface area contributed by atoms with Crippen molar-refractivity contribution in [2.75, 3.05) is 34.4 Å². The van der Waals surface area contributed by atoms with Crippen LogP contribution in [0.1, 0.15) is 38.2 Å². The molecule has 7 heteroatoms. The third-order valence-electron chi connectivity index (χ3n) is 4.70. The van der Waals surface area contributed by atoms with Gasteiger partial charge < -0.3 is 24.4 Å². The van der Waals surface area contributed by atoms with Gasteiger partial charge in [-0.1, -0.05) is 6.92 Å². The predicted molar refractivity (Wildman–Crippen MR) is 102 cm³/mol. The zero-order valence-corrected chi connectivity index (χ0v) is 16.7. The molecule has 1 unspecified atom stereocenters. The molecule has 1 aliphatic heterocycles. The van der Waals surface area contributed by atoms with Crippen molar-refractivity contribution in [3.8, 4) is 17.2 Å². The molecule has 2 amide bonds. The van der Waals surface area contributed by atoms with E-state index in [9.17, 15) is 9.59 Å². The molecule has 1 N–H and O–H groups in total. The van der Waals surface area contributed by atoms with E-state index in [0.717, 1.165) is 24.8 Å². The van der Waals surface area contributed by atoms with Crippen molar-refractivity contribution < 1.29 is 23.8 Å². The van der Waals surface area contributed by atoms with Crippen molar-refractivity contribution in [3.05, 3.63) is 17.7 Å². The van der Waals surface area contributed by atoms with Gasteiger partial charge in [-0.2, -0.15) is 0 Å². The average Bonchev–Trinajstić information content (AvgIpc) is 2.67. The van der Waals surface area contributed by atoms with E-state index in [2.05, 4.69) is 5.32 Å². The first-order chi connectivity index (χ1) is 13.0. The molecule has 0 spiro atoms. The molecule has 0 aromatic heterocycles. The fraction of sp³-hybridized carbons (Fsp3) is 0.600. The van der Waals surface area contributed by atoms with Crippen LogP contribution in [-0.4, -0.2) is 57.2 Å². The largest absolute Gasteiger partial charge is 0.493 e. The SMILES string of the molecule is CCCC(=O)NC1CCCN(C(=O)Cc2cc(OC)c(OC)c(OC)c2)C1. The summed E-state index contributed by atoms with van der Waals surface area (Å²) in [5.74, 6) is 1.65. The normalized spacial score (nSPS) is 16.6. The Bertz CT molecular complexity index is 637. The number of ether oxygens (including phenoxy) is 3. The molecule has 0 aliphatic carbocycles. The smallest absolute Gasteiger partial charge is 0.227 e. The van der Waals surface area contributed by atoms with Crippen LogP contribution >= 0.6 is 0 Å². The molecular formula is C20H30N2O5. The van der Waals surface area contributed by atoms with Crippen LogP contribution in [0.3, 0.4) is 0 Å². The van der Waals surface area contributed by atoms with E-state index >= 15 is 0 Å². The van der Waals surface area contributed by atoms with Crippen LogP contribution < -0.4 is 19.5 Å². The minimum absolute atomic E-state index is 0.0266. The summed E-state index contributed by atoms with van der Waals surface area (Å²) >= 11 is 0. The lowest BCUT2D eigenvalue weighted by atomic mass is 10.0. The Morgan fingerprint density at radius 1 is 1.15 bits per heavy atom. The lowest BCUT2D eigenvalue weighted by Gasteiger charge is -2.33. The van der Waals surface area contributed by atoms with Gasteiger partial charge in [0.2, 0.25) is 17.6 Å². The van der Waals surface area contributed by atoms with Gasteiger partial charge in [-0.3, -0.25) is 9.59 Å². The Labute approximate surface area is 161 Å². The monoisotopic (exact) mass is 378 g/mol. The van der Waals surface area contributed by atoms with Crippen LogP contribution in [0, 0.1) is 0 Å². The third-order valence-corrected chi connectivity index (χ3v) is 4.70. The van der Waals surface area contributed by atoms with Gasteiger partial charge in [0.25, 0.3) is 0 Å². The summed E-state index contributed by atoms with van der Waals surface area (Å²) in [6.45, 7) is 3.25. The van der Waals surface area contributed by atoms with Crippen LogP contribution in [0.25, 0.3) is 0 Å². The fourth-order valence-corrected chi connectivity index (χ4v) is 3.37. The lowest BCUT2D eigenvalue weighted by Crippen LogP contribution is -2.49. The molecule has 1 aromatic carbocycles. The van der Waals surface area contributed by atoms with Gasteiger partial charge in [0, 0.05) is 25.6 Å². The molecule has 1 heterocycles. The van der Waals surface area contributed by atoms with Crippen LogP contribution in [0.2, 0.25) is 0 Å². The number of carbonyl (C=O) groups is 2. The zero-order chi connectivity index (χ0) is 19.8. The first-order valence-corrected chi connectivity index (χ1v) is 9.38. The molecule has 1 aliphatic rings. The summed E-state index contributed by atoms with van der Waals surface area (Å²) in [5.41, 5.74) is 0.798. The molecule has 1 saturated heterocycles. The number of amides is 2. The number of methoxy groups -OCH3 is 3. The van der Waals surface area contributed by atoms with Crippen LogP contribution in [0.4, 0.5) is 0 Å². The topological polar surface area (TPSA) is 77.1 Å². The number of likely N-dealkylation sites (tertiary alicyclic amines) is 1. The summed E-state index contributed by atoms with van der Waals surface area (Å²) in [7, 11) is 4.65. The second kappa shape index (κ2) is 10.0. The summed E-state index contributed by atoms with van der Waals surface area (Å²) in [5, 5.41) is 3.03. The molecule has 27 heavy (non-hydrogen) atoms. The van der Waals surface area contributed by atoms with Crippen molar-refractivity contribution in [1.29, 1.82) is 0 Å². The Morgan fingerprint density at radius 2 is 1.81 bits per heavy atom. The molecule has 1 fully saturated rings. The molecule has 0 saturated carbocycles. The van der Waals surface area contributed by atoms with Crippen molar-refractivity contribution in [3.63, 3.8) is 0 Å². The van der Waals surface area contributed by atoms with Crippen LogP contribution in [0.5, 0.6) is 17.2 Å². The third kappa shape index (κ3) is 5.52. The van der Waals surface area contributed by atoms with E-state index in [4.69, 9.17) is 14.2 Å². The Morgan fingerprint density at radius 3 is 2.37 bits per heavy atom. The maximum absolute atomic E-state index is 12.8. The molecular weight excluding hydrogens is 348 g/mol. The van der Waals surface area contributed by atoms with Gasteiger partial charge in [0.15, 0.2) is 11.5 Å². The van der Waals surface area contributed by atoms with E-state index in [1.165, 1.54) is 0 Å². The molecule has 1 atom stereocenters. The van der Waals surface area contributed by atoms with Crippen LogP contribution in [0.15, 0.2) is 12.1 Å². The average molecular weight is 378 g/mol. The first kappa shape index (κ1) is 20.9. The Balaban J connectivity index is 2.04. The van der Waals surface area contributed by atoms with Crippen LogP contribution in [-0.2, 0) is 16.0 Å². The lowest BCUT2D eigenvalue weighted by molar-refractivity contribution is -0.133. The number of hydrogen-bond acceptors (Lipinski definition) is 5. The number of nitrogens with one attached hydrogen (secondary N) is 1. The summed E-state index contributed by atoms with van der Waals surface area (Å²) in [6, 6.07) is 3.62. The van der Waals surface area contributed by atoms with Gasteiger partial charge in [0.05, 0.1) is 27.8 Å². The molecule has 7 nitrogen and oxygen atoms in total. The minimum atomic E-state index is 0.0266. The van der Waals surface area contributed by atoms with Crippen molar-refractivity contribution in [2.45, 2.75) is 45.1 Å². The Hall–Kier alpha value is -2.44. The standard InChI is InChI=1S/C20H30N2O5/c1-5-7-18(23)21-15-8-6-9-22(13-15)19(24)12-14-10-16(25-2)20(27-4)17(11-14)26-3/h10-11,15H,5-9,12-13H2,1-4H3,(H,21,23). The highest BCUT2D eigenvalue weighted by Gasteiger charge is 2.25. The van der Waals surface area contributed by atoms with E-state index < -0.39 is 0 Å². The number of benzene rings is 1. The number of piperidine rings is 1. The summed E-state index contributed by atoms with van der Waals surface area (Å²) in [4.78, 5) is 26.4. The maximum Gasteiger partial charge on any atom is 0.227 e. The second-order valence-electron chi connectivity index (χ2n) is 6.71. The molecule has 2 rings (SSSR count). The number of rotatable bonds is 8. The Kier molecular flexibility index (Phi) is 7.76. The molecule has 1 aromatic rings. The maximum atomic E-state index is 12.8. The minimum Gasteiger partial charge on any atom is -0.493 e. The second-order valence-corrected chi connectivity index (χ2v) is 6.71. The number of carbonyl (C=O) groups excluding carboxylic acids is 2. The van der Waals surface area contributed by atoms with E-state index in [-0.39, 0.29) is 24.3 Å². The zero-order valence-electron chi connectivity index (χ0n) is 16.7. The van der Waals surface area contributed by atoms with E-state index in [0.29, 0.717) is 36.8 Å². The van der Waals surface area contributed by atoms with Gasteiger partial charge in [-0.25, -0.2) is 0 Å². The highest BCUT2D eigenvalue weighted by molar-refractivity contribution is 5.80. The molecule has 0 radical (unpaired) electrons. The predicted octanol–water partition coefficient (Wildman–Crippen LogP) is 2.16. The summed E-state index contributed by atoms with van der Waals surface area (Å²) in [6.07, 6.45) is 3.38. The molecule has 0 bridgehead atoms. The number of hydrogen-bond donors (Lipinski definition) is 1.